The van der Waals surface area contributed by atoms with Crippen molar-refractivity contribution in [1.29, 1.82) is 0 Å². The lowest BCUT2D eigenvalue weighted by Gasteiger charge is -2.23. The predicted octanol–water partition coefficient (Wildman–Crippen LogP) is 3.39. The molecule has 0 aliphatic carbocycles. The molecule has 0 spiro atoms. The number of fused-ring (bicyclic) bond motifs is 1. The van der Waals surface area contributed by atoms with Gasteiger partial charge in [-0.2, -0.15) is 0 Å². The van der Waals surface area contributed by atoms with Crippen molar-refractivity contribution >= 4 is 16.6 Å². The van der Waals surface area contributed by atoms with Crippen molar-refractivity contribution in [3.8, 4) is 5.75 Å². The Morgan fingerprint density at radius 2 is 2.10 bits per heavy atom. The minimum absolute atomic E-state index is 0.604. The third kappa shape index (κ3) is 3.64. The molecule has 4 nitrogen and oxygen atoms in total. The fourth-order valence-corrected chi connectivity index (χ4v) is 2.38. The first-order valence-electron chi connectivity index (χ1n) is 7.53. The summed E-state index contributed by atoms with van der Waals surface area (Å²) in [7, 11) is 3.86. The third-order valence-corrected chi connectivity index (χ3v) is 4.09. The van der Waals surface area contributed by atoms with Crippen LogP contribution in [0.4, 0.5) is 5.82 Å². The summed E-state index contributed by atoms with van der Waals surface area (Å²) in [6.45, 7) is 6.34. The lowest BCUT2D eigenvalue weighted by atomic mass is 10.1. The molecular weight excluding hydrogens is 262 g/mol. The highest BCUT2D eigenvalue weighted by molar-refractivity contribution is 5.95. The minimum Gasteiger partial charge on any atom is -0.496 e. The Hall–Kier alpha value is -1.81. The summed E-state index contributed by atoms with van der Waals surface area (Å²) in [5.41, 5.74) is 0. The second-order valence-electron chi connectivity index (χ2n) is 5.38. The fraction of sp³-hybridized carbons (Fsp3) is 0.471. The van der Waals surface area contributed by atoms with Crippen LogP contribution in [0.15, 0.2) is 30.5 Å². The SMILES string of the molecule is CCC(C)N(C)CCNc1nccc2c(OC)cccc12. The number of hydrogen-bond acceptors (Lipinski definition) is 4. The monoisotopic (exact) mass is 287 g/mol. The molecule has 0 saturated heterocycles. The number of benzene rings is 1. The van der Waals surface area contributed by atoms with Crippen LogP contribution >= 0.6 is 0 Å². The number of likely N-dealkylation sites (N-methyl/N-ethyl adjacent to an activating group) is 1. The largest absolute Gasteiger partial charge is 0.496 e. The van der Waals surface area contributed by atoms with Gasteiger partial charge >= 0.3 is 0 Å². The average Bonchev–Trinajstić information content (AvgIpc) is 2.53. The molecule has 0 aliphatic heterocycles. The molecule has 2 aromatic rings. The molecule has 4 heteroatoms. The van der Waals surface area contributed by atoms with Gasteiger partial charge in [-0.15, -0.1) is 0 Å². The number of methoxy groups -OCH3 is 1. The maximum atomic E-state index is 5.41. The Bertz CT molecular complexity index is 585. The van der Waals surface area contributed by atoms with E-state index in [1.165, 1.54) is 6.42 Å². The highest BCUT2D eigenvalue weighted by Gasteiger charge is 2.08. The van der Waals surface area contributed by atoms with E-state index in [2.05, 4.69) is 42.2 Å². The van der Waals surface area contributed by atoms with E-state index in [1.807, 2.05) is 24.4 Å². The van der Waals surface area contributed by atoms with E-state index in [4.69, 9.17) is 4.74 Å². The van der Waals surface area contributed by atoms with Gasteiger partial charge in [0, 0.05) is 36.1 Å². The van der Waals surface area contributed by atoms with Crippen LogP contribution in [0.2, 0.25) is 0 Å². The highest BCUT2D eigenvalue weighted by Crippen LogP contribution is 2.28. The van der Waals surface area contributed by atoms with Crippen molar-refractivity contribution in [3.63, 3.8) is 0 Å². The smallest absolute Gasteiger partial charge is 0.133 e. The Labute approximate surface area is 127 Å². The van der Waals surface area contributed by atoms with Crippen molar-refractivity contribution < 1.29 is 4.74 Å². The van der Waals surface area contributed by atoms with Crippen LogP contribution in [0.1, 0.15) is 20.3 Å². The predicted molar refractivity (Wildman–Crippen MR) is 89.2 cm³/mol. The van der Waals surface area contributed by atoms with Crippen molar-refractivity contribution in [1.82, 2.24) is 9.88 Å². The molecule has 0 radical (unpaired) electrons. The van der Waals surface area contributed by atoms with E-state index < -0.39 is 0 Å². The first-order chi connectivity index (χ1) is 10.2. The molecule has 0 aliphatic rings. The number of rotatable bonds is 7. The first kappa shape index (κ1) is 15.6. The first-order valence-corrected chi connectivity index (χ1v) is 7.53. The van der Waals surface area contributed by atoms with Crippen molar-refractivity contribution in [2.75, 3.05) is 32.6 Å². The van der Waals surface area contributed by atoms with Crippen LogP contribution in [-0.2, 0) is 0 Å². The topological polar surface area (TPSA) is 37.4 Å². The number of ether oxygens (including phenoxy) is 1. The Morgan fingerprint density at radius 3 is 2.81 bits per heavy atom. The molecule has 0 saturated carbocycles. The van der Waals surface area contributed by atoms with Crippen molar-refractivity contribution in [3.05, 3.63) is 30.5 Å². The number of nitrogens with zero attached hydrogens (tertiary/aromatic N) is 2. The van der Waals surface area contributed by atoms with E-state index in [1.54, 1.807) is 7.11 Å². The van der Waals surface area contributed by atoms with Gasteiger partial charge < -0.3 is 15.0 Å². The molecule has 1 aromatic heterocycles. The molecule has 0 bridgehead atoms. The van der Waals surface area contributed by atoms with Crippen LogP contribution in [-0.4, -0.2) is 43.2 Å². The van der Waals surface area contributed by atoms with Gasteiger partial charge in [-0.1, -0.05) is 19.1 Å². The van der Waals surface area contributed by atoms with Gasteiger partial charge in [0.15, 0.2) is 0 Å². The molecule has 21 heavy (non-hydrogen) atoms. The molecule has 0 amide bonds. The molecule has 1 N–H and O–H groups in total. The van der Waals surface area contributed by atoms with Crippen LogP contribution in [0, 0.1) is 0 Å². The summed E-state index contributed by atoms with van der Waals surface area (Å²) in [6.07, 6.45) is 2.99. The van der Waals surface area contributed by atoms with Crippen LogP contribution < -0.4 is 10.1 Å². The van der Waals surface area contributed by atoms with Gasteiger partial charge in [-0.25, -0.2) is 4.98 Å². The molecular formula is C17H25N3O. The van der Waals surface area contributed by atoms with E-state index in [0.29, 0.717) is 6.04 Å². The maximum Gasteiger partial charge on any atom is 0.133 e. The average molecular weight is 287 g/mol. The maximum absolute atomic E-state index is 5.41. The zero-order valence-corrected chi connectivity index (χ0v) is 13.4. The second-order valence-corrected chi connectivity index (χ2v) is 5.38. The van der Waals surface area contributed by atoms with Crippen molar-refractivity contribution in [2.45, 2.75) is 26.3 Å². The summed E-state index contributed by atoms with van der Waals surface area (Å²) in [5, 5.41) is 5.63. The molecule has 1 atom stereocenters. The lowest BCUT2D eigenvalue weighted by molar-refractivity contribution is 0.261. The molecule has 1 heterocycles. The van der Waals surface area contributed by atoms with Gasteiger partial charge in [0.1, 0.15) is 11.6 Å². The molecule has 1 aromatic carbocycles. The van der Waals surface area contributed by atoms with Gasteiger partial charge in [-0.05, 0) is 32.5 Å². The Morgan fingerprint density at radius 1 is 1.29 bits per heavy atom. The second kappa shape index (κ2) is 7.27. The van der Waals surface area contributed by atoms with Gasteiger partial charge in [0.05, 0.1) is 7.11 Å². The summed E-state index contributed by atoms with van der Waals surface area (Å²) in [4.78, 5) is 6.82. The normalized spacial score (nSPS) is 12.6. The van der Waals surface area contributed by atoms with Gasteiger partial charge in [0.2, 0.25) is 0 Å². The fourth-order valence-electron chi connectivity index (χ4n) is 2.38. The lowest BCUT2D eigenvalue weighted by Crippen LogP contribution is -2.32. The minimum atomic E-state index is 0.604. The standard InChI is InChI=1S/C17H25N3O/c1-5-13(2)20(3)12-11-19-17-15-7-6-8-16(21-4)14(15)9-10-18-17/h6-10,13H,5,11-12H2,1-4H3,(H,18,19). The summed E-state index contributed by atoms with van der Waals surface area (Å²) >= 11 is 0. The number of nitrogens with one attached hydrogen (secondary N) is 1. The highest BCUT2D eigenvalue weighted by atomic mass is 16.5. The quantitative estimate of drug-likeness (QED) is 0.847. The number of hydrogen-bond donors (Lipinski definition) is 1. The summed E-state index contributed by atoms with van der Waals surface area (Å²) in [6, 6.07) is 8.64. The Balaban J connectivity index is 2.09. The van der Waals surface area contributed by atoms with Crippen LogP contribution in [0.3, 0.4) is 0 Å². The molecule has 1 unspecified atom stereocenters. The molecule has 2 rings (SSSR count). The number of aromatic nitrogens is 1. The zero-order valence-electron chi connectivity index (χ0n) is 13.4. The van der Waals surface area contributed by atoms with Gasteiger partial charge in [-0.3, -0.25) is 0 Å². The van der Waals surface area contributed by atoms with E-state index >= 15 is 0 Å². The summed E-state index contributed by atoms with van der Waals surface area (Å²) < 4.78 is 5.41. The molecule has 0 fully saturated rings. The molecule has 114 valence electrons. The van der Waals surface area contributed by atoms with E-state index in [9.17, 15) is 0 Å². The van der Waals surface area contributed by atoms with Crippen LogP contribution in [0.25, 0.3) is 10.8 Å². The van der Waals surface area contributed by atoms with Crippen LogP contribution in [0.5, 0.6) is 5.75 Å². The zero-order chi connectivity index (χ0) is 15.2. The van der Waals surface area contributed by atoms with E-state index in [0.717, 1.165) is 35.4 Å². The number of pyridine rings is 1. The van der Waals surface area contributed by atoms with Gasteiger partial charge in [0.25, 0.3) is 0 Å². The number of anilines is 1. The Kier molecular flexibility index (Phi) is 5.39. The van der Waals surface area contributed by atoms with E-state index in [-0.39, 0.29) is 0 Å². The van der Waals surface area contributed by atoms with Crippen molar-refractivity contribution in [2.24, 2.45) is 0 Å². The summed E-state index contributed by atoms with van der Waals surface area (Å²) in [5.74, 6) is 1.80. The third-order valence-electron chi connectivity index (χ3n) is 4.09.